The minimum absolute atomic E-state index is 0.150. The Labute approximate surface area is 172 Å². The van der Waals surface area contributed by atoms with E-state index in [9.17, 15) is 9.18 Å². The van der Waals surface area contributed by atoms with Crippen molar-refractivity contribution in [2.75, 3.05) is 18.1 Å². The number of nitrogens with zero attached hydrogens (tertiary/aromatic N) is 2. The second-order valence-electron chi connectivity index (χ2n) is 9.04. The number of carbonyl (C=O) groups excluding carboxylic acids is 1. The van der Waals surface area contributed by atoms with Crippen molar-refractivity contribution >= 4 is 11.7 Å². The number of aromatic nitrogens is 1. The zero-order valence-electron chi connectivity index (χ0n) is 17.8. The monoisotopic (exact) mass is 399 g/mol. The first-order valence-corrected chi connectivity index (χ1v) is 10.1. The Balaban J connectivity index is 2.05. The van der Waals surface area contributed by atoms with Crippen LogP contribution in [0.2, 0.25) is 0 Å². The SMILES string of the molecule is CC(C)COc1cc(F)cc(-c2ccc(C(N)=O)c(N3C[C@@H](C)CC3(C)C)n2)c1. The van der Waals surface area contributed by atoms with Crippen molar-refractivity contribution in [3.63, 3.8) is 0 Å². The van der Waals surface area contributed by atoms with Crippen molar-refractivity contribution in [2.45, 2.75) is 46.6 Å². The number of hydrogen-bond donors (Lipinski definition) is 1. The molecule has 1 aromatic heterocycles. The number of halogens is 1. The standard InChI is InChI=1S/C23H30FN3O2/c1-14(2)13-29-18-9-16(8-17(24)10-18)20-7-6-19(21(25)28)22(26-20)27-12-15(3)11-23(27,4)5/h6-10,14-15H,11-13H2,1-5H3,(H2,25,28)/t15-/m0/s1. The maximum Gasteiger partial charge on any atom is 0.252 e. The number of nitrogens with two attached hydrogens (primary N) is 1. The Kier molecular flexibility index (Phi) is 5.82. The molecule has 2 N–H and O–H groups in total. The van der Waals surface area contributed by atoms with Gasteiger partial charge >= 0.3 is 0 Å². The number of carbonyl (C=O) groups is 1. The summed E-state index contributed by atoms with van der Waals surface area (Å²) in [5.74, 6) is 0.916. The predicted molar refractivity (Wildman–Crippen MR) is 114 cm³/mol. The fraction of sp³-hybridized carbons (Fsp3) is 0.478. The summed E-state index contributed by atoms with van der Waals surface area (Å²) in [5.41, 5.74) is 7.03. The van der Waals surface area contributed by atoms with Gasteiger partial charge in [0.05, 0.1) is 17.9 Å². The van der Waals surface area contributed by atoms with Gasteiger partial charge in [0.25, 0.3) is 5.91 Å². The molecule has 5 nitrogen and oxygen atoms in total. The van der Waals surface area contributed by atoms with Crippen molar-refractivity contribution < 1.29 is 13.9 Å². The summed E-state index contributed by atoms with van der Waals surface area (Å²) in [6.07, 6.45) is 0.990. The fourth-order valence-electron chi connectivity index (χ4n) is 4.02. The van der Waals surface area contributed by atoms with Crippen LogP contribution in [0.5, 0.6) is 5.75 Å². The van der Waals surface area contributed by atoms with Crippen molar-refractivity contribution in [1.82, 2.24) is 4.98 Å². The third-order valence-electron chi connectivity index (χ3n) is 5.22. The quantitative estimate of drug-likeness (QED) is 0.768. The topological polar surface area (TPSA) is 68.5 Å². The molecule has 1 atom stereocenters. The third-order valence-corrected chi connectivity index (χ3v) is 5.22. The summed E-state index contributed by atoms with van der Waals surface area (Å²) in [7, 11) is 0. The van der Waals surface area contributed by atoms with Gasteiger partial charge in [0.1, 0.15) is 17.4 Å². The van der Waals surface area contributed by atoms with E-state index in [0.29, 0.717) is 46.8 Å². The Morgan fingerprint density at radius 2 is 2.07 bits per heavy atom. The van der Waals surface area contributed by atoms with Gasteiger partial charge in [-0.3, -0.25) is 4.79 Å². The summed E-state index contributed by atoms with van der Waals surface area (Å²) in [6, 6.07) is 7.96. The molecule has 0 radical (unpaired) electrons. The molecule has 1 aliphatic heterocycles. The van der Waals surface area contributed by atoms with Gasteiger partial charge in [-0.2, -0.15) is 0 Å². The highest BCUT2D eigenvalue weighted by Crippen LogP contribution is 2.38. The van der Waals surface area contributed by atoms with E-state index in [1.54, 1.807) is 18.2 Å². The van der Waals surface area contributed by atoms with E-state index in [4.69, 9.17) is 15.5 Å². The normalized spacial score (nSPS) is 18.3. The zero-order chi connectivity index (χ0) is 21.3. The predicted octanol–water partition coefficient (Wildman–Crippen LogP) is 4.65. The van der Waals surface area contributed by atoms with Gasteiger partial charge in [0.15, 0.2) is 0 Å². The van der Waals surface area contributed by atoms with Crippen molar-refractivity contribution in [3.8, 4) is 17.0 Å². The number of primary amides is 1. The molecule has 6 heteroatoms. The Morgan fingerprint density at radius 1 is 1.34 bits per heavy atom. The van der Waals surface area contributed by atoms with E-state index in [1.165, 1.54) is 12.1 Å². The zero-order valence-corrected chi connectivity index (χ0v) is 17.8. The molecule has 1 saturated heterocycles. The summed E-state index contributed by atoms with van der Waals surface area (Å²) in [4.78, 5) is 18.9. The lowest BCUT2D eigenvalue weighted by Crippen LogP contribution is -2.40. The number of hydrogen-bond acceptors (Lipinski definition) is 4. The number of ether oxygens (including phenoxy) is 1. The van der Waals surface area contributed by atoms with Crippen LogP contribution in [-0.2, 0) is 0 Å². The summed E-state index contributed by atoms with van der Waals surface area (Å²) >= 11 is 0. The number of pyridine rings is 1. The first-order valence-electron chi connectivity index (χ1n) is 10.1. The minimum Gasteiger partial charge on any atom is -0.493 e. The first-order chi connectivity index (χ1) is 13.6. The molecule has 3 rings (SSSR count). The van der Waals surface area contributed by atoms with Crippen molar-refractivity contribution in [1.29, 1.82) is 0 Å². The van der Waals surface area contributed by atoms with Gasteiger partial charge in [-0.15, -0.1) is 0 Å². The van der Waals surface area contributed by atoms with Crippen LogP contribution < -0.4 is 15.4 Å². The molecule has 2 heterocycles. The van der Waals surface area contributed by atoms with Gasteiger partial charge in [0.2, 0.25) is 0 Å². The van der Waals surface area contributed by atoms with E-state index in [0.717, 1.165) is 13.0 Å². The maximum absolute atomic E-state index is 14.2. The summed E-state index contributed by atoms with van der Waals surface area (Å²) in [5, 5.41) is 0. The lowest BCUT2D eigenvalue weighted by Gasteiger charge is -2.33. The highest BCUT2D eigenvalue weighted by atomic mass is 19.1. The molecule has 0 bridgehead atoms. The molecule has 0 aliphatic carbocycles. The summed E-state index contributed by atoms with van der Waals surface area (Å²) < 4.78 is 19.9. The van der Waals surface area contributed by atoms with Gasteiger partial charge < -0.3 is 15.4 Å². The summed E-state index contributed by atoms with van der Waals surface area (Å²) in [6.45, 7) is 11.8. The average Bonchev–Trinajstić information content (AvgIpc) is 2.91. The van der Waals surface area contributed by atoms with Gasteiger partial charge in [-0.25, -0.2) is 9.37 Å². The molecule has 1 fully saturated rings. The van der Waals surface area contributed by atoms with E-state index in [2.05, 4.69) is 25.7 Å². The highest BCUT2D eigenvalue weighted by Gasteiger charge is 2.38. The minimum atomic E-state index is -0.519. The number of amides is 1. The second kappa shape index (κ2) is 8.01. The van der Waals surface area contributed by atoms with E-state index >= 15 is 0 Å². The van der Waals surface area contributed by atoms with Gasteiger partial charge in [0, 0.05) is 23.7 Å². The number of anilines is 1. The fourth-order valence-corrected chi connectivity index (χ4v) is 4.02. The Morgan fingerprint density at radius 3 is 2.66 bits per heavy atom. The molecular formula is C23H30FN3O2. The van der Waals surface area contributed by atoms with Crippen LogP contribution >= 0.6 is 0 Å². The molecule has 2 aromatic rings. The first kappa shape index (κ1) is 21.1. The number of benzene rings is 1. The van der Waals surface area contributed by atoms with E-state index in [-0.39, 0.29) is 5.54 Å². The van der Waals surface area contributed by atoms with Gasteiger partial charge in [-0.1, -0.05) is 20.8 Å². The molecule has 0 saturated carbocycles. The molecule has 1 amide bonds. The van der Waals surface area contributed by atoms with Crippen LogP contribution in [0.3, 0.4) is 0 Å². The second-order valence-corrected chi connectivity index (χ2v) is 9.04. The molecule has 1 aromatic carbocycles. The van der Waals surface area contributed by atoms with Crippen LogP contribution in [0.1, 0.15) is 51.4 Å². The molecule has 156 valence electrons. The molecule has 29 heavy (non-hydrogen) atoms. The third kappa shape index (κ3) is 4.69. The Bertz CT molecular complexity index is 911. The van der Waals surface area contributed by atoms with Crippen LogP contribution in [-0.4, -0.2) is 29.6 Å². The largest absolute Gasteiger partial charge is 0.493 e. The molecule has 1 aliphatic rings. The lowest BCUT2D eigenvalue weighted by atomic mass is 9.97. The van der Waals surface area contributed by atoms with E-state index in [1.807, 2.05) is 13.8 Å². The van der Waals surface area contributed by atoms with Crippen molar-refractivity contribution in [3.05, 3.63) is 41.7 Å². The smallest absolute Gasteiger partial charge is 0.252 e. The van der Waals surface area contributed by atoms with E-state index < -0.39 is 11.7 Å². The number of rotatable bonds is 6. The Hall–Kier alpha value is -2.63. The highest BCUT2D eigenvalue weighted by molar-refractivity contribution is 5.98. The van der Waals surface area contributed by atoms with Gasteiger partial charge in [-0.05, 0) is 56.4 Å². The van der Waals surface area contributed by atoms with Crippen LogP contribution in [0, 0.1) is 17.7 Å². The average molecular weight is 400 g/mol. The lowest BCUT2D eigenvalue weighted by molar-refractivity contribution is 0.100. The van der Waals surface area contributed by atoms with Crippen LogP contribution in [0.25, 0.3) is 11.3 Å². The maximum atomic E-state index is 14.2. The molecular weight excluding hydrogens is 369 g/mol. The molecule has 0 spiro atoms. The molecule has 0 unspecified atom stereocenters. The van der Waals surface area contributed by atoms with Crippen molar-refractivity contribution in [2.24, 2.45) is 17.6 Å². The van der Waals surface area contributed by atoms with Crippen LogP contribution in [0.15, 0.2) is 30.3 Å². The van der Waals surface area contributed by atoms with Crippen LogP contribution in [0.4, 0.5) is 10.2 Å².